The lowest BCUT2D eigenvalue weighted by molar-refractivity contribution is 0.0602. The van der Waals surface area contributed by atoms with Gasteiger partial charge in [0.2, 0.25) is 0 Å². The molecule has 0 aliphatic rings. The molecule has 0 saturated carbocycles. The summed E-state index contributed by atoms with van der Waals surface area (Å²) in [6.07, 6.45) is 0. The van der Waals surface area contributed by atoms with Crippen molar-refractivity contribution >= 4 is 17.3 Å². The van der Waals surface area contributed by atoms with Gasteiger partial charge in [-0.25, -0.2) is 9.18 Å². The summed E-state index contributed by atoms with van der Waals surface area (Å²) >= 11 is 0. The molecule has 3 rings (SSSR count). The smallest absolute Gasteiger partial charge is 0.339 e. The lowest BCUT2D eigenvalue weighted by Crippen LogP contribution is -2.06. The topological polar surface area (TPSA) is 38.3 Å². The normalized spacial score (nSPS) is 10.4. The van der Waals surface area contributed by atoms with Gasteiger partial charge in [0, 0.05) is 5.69 Å². The maximum absolute atomic E-state index is 13.1. The van der Waals surface area contributed by atoms with E-state index in [-0.39, 0.29) is 5.82 Å². The SMILES string of the molecule is COC(=O)c1ccc(-c2ccc(C)cc2)cc1Nc1ccc(F)cc1. The number of anilines is 2. The minimum atomic E-state index is -0.430. The number of carbonyl (C=O) groups is 1. The number of methoxy groups -OCH3 is 1. The predicted molar refractivity (Wildman–Crippen MR) is 97.6 cm³/mol. The molecule has 0 aliphatic heterocycles. The first-order chi connectivity index (χ1) is 12.1. The van der Waals surface area contributed by atoms with E-state index >= 15 is 0 Å². The second-order valence-electron chi connectivity index (χ2n) is 5.75. The lowest BCUT2D eigenvalue weighted by Gasteiger charge is -2.13. The van der Waals surface area contributed by atoms with Crippen LogP contribution in [0.4, 0.5) is 15.8 Å². The van der Waals surface area contributed by atoms with Crippen molar-refractivity contribution < 1.29 is 13.9 Å². The highest BCUT2D eigenvalue weighted by Crippen LogP contribution is 2.29. The Hall–Kier alpha value is -3.14. The van der Waals surface area contributed by atoms with Gasteiger partial charge in [0.05, 0.1) is 18.4 Å². The molecule has 0 aromatic heterocycles. The first kappa shape index (κ1) is 16.7. The Balaban J connectivity index is 2.02. The van der Waals surface area contributed by atoms with Crippen LogP contribution in [0, 0.1) is 12.7 Å². The number of esters is 1. The van der Waals surface area contributed by atoms with Crippen molar-refractivity contribution in [3.63, 3.8) is 0 Å². The standard InChI is InChI=1S/C21H18FNO2/c1-14-3-5-15(6-4-14)16-7-12-19(21(24)25-2)20(13-16)23-18-10-8-17(22)9-11-18/h3-13,23H,1-2H3. The van der Waals surface area contributed by atoms with Crippen LogP contribution in [0.1, 0.15) is 15.9 Å². The molecule has 0 heterocycles. The van der Waals surface area contributed by atoms with Crippen molar-refractivity contribution in [1.29, 1.82) is 0 Å². The van der Waals surface area contributed by atoms with Crippen LogP contribution in [0.25, 0.3) is 11.1 Å². The highest BCUT2D eigenvalue weighted by molar-refractivity contribution is 5.97. The van der Waals surface area contributed by atoms with Gasteiger partial charge in [-0.1, -0.05) is 35.9 Å². The molecule has 4 heteroatoms. The fourth-order valence-corrected chi connectivity index (χ4v) is 2.55. The van der Waals surface area contributed by atoms with Gasteiger partial charge in [-0.15, -0.1) is 0 Å². The van der Waals surface area contributed by atoms with E-state index in [4.69, 9.17) is 4.74 Å². The second-order valence-corrected chi connectivity index (χ2v) is 5.75. The quantitative estimate of drug-likeness (QED) is 0.655. The van der Waals surface area contributed by atoms with E-state index in [9.17, 15) is 9.18 Å². The highest BCUT2D eigenvalue weighted by Gasteiger charge is 2.13. The minimum absolute atomic E-state index is 0.313. The van der Waals surface area contributed by atoms with Crippen LogP contribution < -0.4 is 5.32 Å². The van der Waals surface area contributed by atoms with Crippen molar-refractivity contribution in [3.8, 4) is 11.1 Å². The van der Waals surface area contributed by atoms with E-state index in [0.717, 1.165) is 11.1 Å². The number of nitrogens with one attached hydrogen (secondary N) is 1. The van der Waals surface area contributed by atoms with Gasteiger partial charge in [-0.3, -0.25) is 0 Å². The van der Waals surface area contributed by atoms with Crippen LogP contribution in [0.5, 0.6) is 0 Å². The van der Waals surface area contributed by atoms with Gasteiger partial charge in [-0.05, 0) is 54.4 Å². The number of hydrogen-bond donors (Lipinski definition) is 1. The Morgan fingerprint density at radius 3 is 2.20 bits per heavy atom. The van der Waals surface area contributed by atoms with Gasteiger partial charge in [0.25, 0.3) is 0 Å². The average molecular weight is 335 g/mol. The molecule has 0 radical (unpaired) electrons. The fraction of sp³-hybridized carbons (Fsp3) is 0.0952. The number of rotatable bonds is 4. The molecule has 3 nitrogen and oxygen atoms in total. The summed E-state index contributed by atoms with van der Waals surface area (Å²) in [7, 11) is 1.35. The van der Waals surface area contributed by atoms with Crippen molar-refractivity contribution in [2.24, 2.45) is 0 Å². The Bertz CT molecular complexity index is 887. The van der Waals surface area contributed by atoms with Crippen LogP contribution in [-0.4, -0.2) is 13.1 Å². The molecule has 0 amide bonds. The summed E-state index contributed by atoms with van der Waals surface area (Å²) in [5, 5.41) is 3.17. The van der Waals surface area contributed by atoms with E-state index < -0.39 is 5.97 Å². The van der Waals surface area contributed by atoms with Crippen molar-refractivity contribution in [1.82, 2.24) is 0 Å². The Kier molecular flexibility index (Phi) is 4.80. The molecule has 126 valence electrons. The van der Waals surface area contributed by atoms with Crippen molar-refractivity contribution in [3.05, 3.63) is 83.7 Å². The molecule has 3 aromatic carbocycles. The molecular weight excluding hydrogens is 317 g/mol. The minimum Gasteiger partial charge on any atom is -0.465 e. The summed E-state index contributed by atoms with van der Waals surface area (Å²) in [5.41, 5.74) is 4.91. The number of benzene rings is 3. The van der Waals surface area contributed by atoms with Crippen molar-refractivity contribution in [2.75, 3.05) is 12.4 Å². The predicted octanol–water partition coefficient (Wildman–Crippen LogP) is 5.33. The monoisotopic (exact) mass is 335 g/mol. The third-order valence-electron chi connectivity index (χ3n) is 3.93. The van der Waals surface area contributed by atoms with Gasteiger partial charge in [0.15, 0.2) is 0 Å². The first-order valence-electron chi connectivity index (χ1n) is 7.89. The van der Waals surface area contributed by atoms with Gasteiger partial charge >= 0.3 is 5.97 Å². The summed E-state index contributed by atoms with van der Waals surface area (Å²) < 4.78 is 18.0. The van der Waals surface area contributed by atoms with Crippen LogP contribution in [0.15, 0.2) is 66.7 Å². The maximum Gasteiger partial charge on any atom is 0.339 e. The molecule has 1 N–H and O–H groups in total. The van der Waals surface area contributed by atoms with Crippen LogP contribution in [0.2, 0.25) is 0 Å². The summed E-state index contributed by atoms with van der Waals surface area (Å²) in [5.74, 6) is -0.743. The molecule has 0 aliphatic carbocycles. The van der Waals surface area contributed by atoms with Crippen LogP contribution in [0.3, 0.4) is 0 Å². The average Bonchev–Trinajstić information content (AvgIpc) is 2.63. The molecule has 0 fully saturated rings. The fourth-order valence-electron chi connectivity index (χ4n) is 2.55. The number of aryl methyl sites for hydroxylation is 1. The van der Waals surface area contributed by atoms with E-state index in [0.29, 0.717) is 16.9 Å². The Morgan fingerprint density at radius 1 is 0.920 bits per heavy atom. The zero-order chi connectivity index (χ0) is 17.8. The third kappa shape index (κ3) is 3.86. The summed E-state index contributed by atoms with van der Waals surface area (Å²) in [6, 6.07) is 19.6. The summed E-state index contributed by atoms with van der Waals surface area (Å²) in [6.45, 7) is 2.03. The molecule has 0 saturated heterocycles. The zero-order valence-corrected chi connectivity index (χ0v) is 14.0. The largest absolute Gasteiger partial charge is 0.465 e. The van der Waals surface area contributed by atoms with Gasteiger partial charge < -0.3 is 10.1 Å². The zero-order valence-electron chi connectivity index (χ0n) is 14.0. The van der Waals surface area contributed by atoms with Gasteiger partial charge in [-0.2, -0.15) is 0 Å². The molecule has 25 heavy (non-hydrogen) atoms. The van der Waals surface area contributed by atoms with Crippen molar-refractivity contribution in [2.45, 2.75) is 6.92 Å². The second kappa shape index (κ2) is 7.18. The van der Waals surface area contributed by atoms with E-state index in [2.05, 4.69) is 5.32 Å². The number of ether oxygens (including phenoxy) is 1. The van der Waals surface area contributed by atoms with E-state index in [1.807, 2.05) is 43.3 Å². The molecule has 0 spiro atoms. The van der Waals surface area contributed by atoms with Crippen LogP contribution in [-0.2, 0) is 4.74 Å². The Labute approximate surface area is 146 Å². The molecule has 0 bridgehead atoms. The number of halogens is 1. The van der Waals surface area contributed by atoms with E-state index in [1.165, 1.54) is 24.8 Å². The third-order valence-corrected chi connectivity index (χ3v) is 3.93. The summed E-state index contributed by atoms with van der Waals surface area (Å²) in [4.78, 5) is 12.0. The molecule has 0 unspecified atom stereocenters. The number of carbonyl (C=O) groups excluding carboxylic acids is 1. The van der Waals surface area contributed by atoms with Gasteiger partial charge in [0.1, 0.15) is 5.82 Å². The maximum atomic E-state index is 13.1. The van der Waals surface area contributed by atoms with E-state index in [1.54, 1.807) is 18.2 Å². The first-order valence-corrected chi connectivity index (χ1v) is 7.89. The Morgan fingerprint density at radius 2 is 1.56 bits per heavy atom. The van der Waals surface area contributed by atoms with Crippen LogP contribution >= 0.6 is 0 Å². The lowest BCUT2D eigenvalue weighted by atomic mass is 10.0. The molecule has 3 aromatic rings. The number of hydrogen-bond acceptors (Lipinski definition) is 3. The molecule has 0 atom stereocenters. The molecular formula is C21H18FNO2. The highest BCUT2D eigenvalue weighted by atomic mass is 19.1.